The van der Waals surface area contributed by atoms with E-state index in [1.807, 2.05) is 24.5 Å². The number of amides is 1. The summed E-state index contributed by atoms with van der Waals surface area (Å²) >= 11 is 1.50. The summed E-state index contributed by atoms with van der Waals surface area (Å²) in [6.07, 6.45) is 1.90. The quantitative estimate of drug-likeness (QED) is 0.390. The van der Waals surface area contributed by atoms with Crippen molar-refractivity contribution in [3.8, 4) is 11.5 Å². The number of carbonyl (C=O) groups excluding carboxylic acids is 1. The van der Waals surface area contributed by atoms with E-state index in [0.29, 0.717) is 32.7 Å². The van der Waals surface area contributed by atoms with Gasteiger partial charge in [0.25, 0.3) is 10.0 Å². The zero-order valence-electron chi connectivity index (χ0n) is 20.9. The molecule has 38 heavy (non-hydrogen) atoms. The third-order valence-electron chi connectivity index (χ3n) is 6.59. The third kappa shape index (κ3) is 5.74. The van der Waals surface area contributed by atoms with E-state index in [-0.39, 0.29) is 23.3 Å². The summed E-state index contributed by atoms with van der Waals surface area (Å²) in [5.41, 5.74) is 1.19. The summed E-state index contributed by atoms with van der Waals surface area (Å²) < 4.78 is 53.1. The minimum Gasteiger partial charge on any atom is -0.454 e. The van der Waals surface area contributed by atoms with Gasteiger partial charge in [-0.2, -0.15) is 0 Å². The number of fused-ring (bicyclic) bond motifs is 1. The van der Waals surface area contributed by atoms with E-state index in [9.17, 15) is 17.6 Å². The minimum absolute atomic E-state index is 0.0425. The van der Waals surface area contributed by atoms with Gasteiger partial charge in [0, 0.05) is 37.6 Å². The molecule has 2 aliphatic heterocycles. The van der Waals surface area contributed by atoms with Gasteiger partial charge in [-0.3, -0.25) is 14.0 Å². The fourth-order valence-corrected chi connectivity index (χ4v) is 6.31. The van der Waals surface area contributed by atoms with Gasteiger partial charge in [-0.15, -0.1) is 11.8 Å². The van der Waals surface area contributed by atoms with Crippen molar-refractivity contribution in [1.82, 2.24) is 9.80 Å². The van der Waals surface area contributed by atoms with Crippen LogP contribution in [-0.4, -0.2) is 69.9 Å². The van der Waals surface area contributed by atoms with E-state index in [4.69, 9.17) is 9.47 Å². The number of nitrogens with zero attached hydrogens (tertiary/aromatic N) is 3. The first kappa shape index (κ1) is 26.3. The van der Waals surface area contributed by atoms with Gasteiger partial charge in [-0.25, -0.2) is 12.8 Å². The SMILES string of the molecule is CSc1ccc(S(=O)(=O)N(CC(=O)N2CCN(Cc3ccc4c(c3)OCO4)CC2)c2cccc(F)c2)cc1. The number of sulfonamides is 1. The molecule has 0 bridgehead atoms. The Balaban J connectivity index is 1.27. The second kappa shape index (κ2) is 11.2. The summed E-state index contributed by atoms with van der Waals surface area (Å²) in [5, 5.41) is 0. The number of ether oxygens (including phenoxy) is 2. The molecule has 200 valence electrons. The standard InChI is InChI=1S/C27H28FN3O5S2/c1-37-23-6-8-24(9-7-23)38(33,34)31(22-4-2-3-21(28)16-22)18-27(32)30-13-11-29(12-14-30)17-20-5-10-25-26(15-20)36-19-35-25/h2-10,15-16H,11-14,17-19H2,1H3. The van der Waals surface area contributed by atoms with Gasteiger partial charge in [0.05, 0.1) is 10.6 Å². The van der Waals surface area contributed by atoms with Crippen LogP contribution < -0.4 is 13.8 Å². The van der Waals surface area contributed by atoms with E-state index in [1.54, 1.807) is 17.0 Å². The average molecular weight is 558 g/mol. The fourth-order valence-electron chi connectivity index (χ4n) is 4.50. The second-order valence-electron chi connectivity index (χ2n) is 9.01. The molecule has 0 atom stereocenters. The molecule has 8 nitrogen and oxygen atoms in total. The van der Waals surface area contributed by atoms with E-state index in [2.05, 4.69) is 4.90 Å². The average Bonchev–Trinajstić information content (AvgIpc) is 3.40. The fraction of sp³-hybridized carbons (Fsp3) is 0.296. The number of carbonyl (C=O) groups is 1. The normalized spacial score (nSPS) is 15.5. The first-order chi connectivity index (χ1) is 18.3. The first-order valence-electron chi connectivity index (χ1n) is 12.1. The molecular weight excluding hydrogens is 529 g/mol. The Morgan fingerprint density at radius 1 is 0.974 bits per heavy atom. The van der Waals surface area contributed by atoms with Crippen molar-refractivity contribution >= 4 is 33.4 Å². The molecule has 2 heterocycles. The number of hydrogen-bond donors (Lipinski definition) is 0. The zero-order valence-corrected chi connectivity index (χ0v) is 22.5. The predicted molar refractivity (Wildman–Crippen MR) is 144 cm³/mol. The lowest BCUT2D eigenvalue weighted by Crippen LogP contribution is -2.51. The van der Waals surface area contributed by atoms with Crippen LogP contribution in [0.25, 0.3) is 0 Å². The Hall–Kier alpha value is -3.28. The van der Waals surface area contributed by atoms with E-state index < -0.39 is 22.4 Å². The Labute approximate surface area is 226 Å². The van der Waals surface area contributed by atoms with E-state index in [1.165, 1.54) is 42.1 Å². The van der Waals surface area contributed by atoms with Crippen molar-refractivity contribution in [3.63, 3.8) is 0 Å². The van der Waals surface area contributed by atoms with Crippen molar-refractivity contribution in [3.05, 3.63) is 78.1 Å². The molecule has 0 unspecified atom stereocenters. The van der Waals surface area contributed by atoms with Crippen LogP contribution in [0.4, 0.5) is 10.1 Å². The van der Waals surface area contributed by atoms with Gasteiger partial charge >= 0.3 is 0 Å². The maximum Gasteiger partial charge on any atom is 0.264 e. The van der Waals surface area contributed by atoms with Crippen molar-refractivity contribution in [2.45, 2.75) is 16.3 Å². The smallest absolute Gasteiger partial charge is 0.264 e. The van der Waals surface area contributed by atoms with Gasteiger partial charge in [0.15, 0.2) is 11.5 Å². The molecule has 0 aromatic heterocycles. The second-order valence-corrected chi connectivity index (χ2v) is 11.8. The molecule has 0 N–H and O–H groups in total. The molecule has 0 radical (unpaired) electrons. The highest BCUT2D eigenvalue weighted by Gasteiger charge is 2.30. The van der Waals surface area contributed by atoms with Crippen LogP contribution in [0.3, 0.4) is 0 Å². The van der Waals surface area contributed by atoms with Gasteiger partial charge in [-0.1, -0.05) is 12.1 Å². The summed E-state index contributed by atoms with van der Waals surface area (Å²) in [5.74, 6) is 0.562. The molecule has 1 saturated heterocycles. The lowest BCUT2D eigenvalue weighted by Gasteiger charge is -2.36. The molecule has 3 aromatic rings. The number of rotatable bonds is 8. The number of anilines is 1. The molecular formula is C27H28FN3O5S2. The summed E-state index contributed by atoms with van der Waals surface area (Å²) in [6.45, 7) is 2.72. The van der Waals surface area contributed by atoms with Gasteiger partial charge < -0.3 is 14.4 Å². The molecule has 0 spiro atoms. The number of thioether (sulfide) groups is 1. The van der Waals surface area contributed by atoms with Crippen LogP contribution >= 0.6 is 11.8 Å². The highest BCUT2D eigenvalue weighted by atomic mass is 32.2. The Morgan fingerprint density at radius 2 is 1.71 bits per heavy atom. The van der Waals surface area contributed by atoms with Crippen LogP contribution in [0.5, 0.6) is 11.5 Å². The van der Waals surface area contributed by atoms with Crippen LogP contribution in [0, 0.1) is 5.82 Å². The lowest BCUT2D eigenvalue weighted by molar-refractivity contribution is -0.131. The number of benzene rings is 3. The van der Waals surface area contributed by atoms with E-state index in [0.717, 1.165) is 32.3 Å². The molecule has 0 saturated carbocycles. The molecule has 5 rings (SSSR count). The van der Waals surface area contributed by atoms with Crippen molar-refractivity contribution < 1.29 is 27.1 Å². The van der Waals surface area contributed by atoms with Crippen LogP contribution in [0.1, 0.15) is 5.56 Å². The molecule has 0 aliphatic carbocycles. The molecule has 1 fully saturated rings. The highest BCUT2D eigenvalue weighted by Crippen LogP contribution is 2.33. The zero-order chi connectivity index (χ0) is 26.7. The molecule has 2 aliphatic rings. The molecule has 1 amide bonds. The van der Waals surface area contributed by atoms with Crippen molar-refractivity contribution in [2.75, 3.05) is 50.1 Å². The Kier molecular flexibility index (Phi) is 7.78. The largest absolute Gasteiger partial charge is 0.454 e. The van der Waals surface area contributed by atoms with Gasteiger partial charge in [0.1, 0.15) is 12.4 Å². The van der Waals surface area contributed by atoms with Gasteiger partial charge in [0.2, 0.25) is 12.7 Å². The maximum atomic E-state index is 14.1. The Bertz CT molecular complexity index is 1410. The number of halogens is 1. The number of piperazine rings is 1. The highest BCUT2D eigenvalue weighted by molar-refractivity contribution is 7.98. The maximum absolute atomic E-state index is 14.1. The van der Waals surface area contributed by atoms with Crippen LogP contribution in [-0.2, 0) is 21.4 Å². The monoisotopic (exact) mass is 557 g/mol. The van der Waals surface area contributed by atoms with E-state index >= 15 is 0 Å². The summed E-state index contributed by atoms with van der Waals surface area (Å²) in [6, 6.07) is 17.6. The molecule has 3 aromatic carbocycles. The first-order valence-corrected chi connectivity index (χ1v) is 14.8. The van der Waals surface area contributed by atoms with Crippen LogP contribution in [0.15, 0.2) is 76.5 Å². The third-order valence-corrected chi connectivity index (χ3v) is 9.12. The number of hydrogen-bond acceptors (Lipinski definition) is 7. The lowest BCUT2D eigenvalue weighted by atomic mass is 10.1. The van der Waals surface area contributed by atoms with Crippen molar-refractivity contribution in [1.29, 1.82) is 0 Å². The molecule has 11 heteroatoms. The van der Waals surface area contributed by atoms with Crippen molar-refractivity contribution in [2.24, 2.45) is 0 Å². The Morgan fingerprint density at radius 3 is 2.42 bits per heavy atom. The predicted octanol–water partition coefficient (Wildman–Crippen LogP) is 3.82. The topological polar surface area (TPSA) is 79.4 Å². The van der Waals surface area contributed by atoms with Gasteiger partial charge in [-0.05, 0) is 66.4 Å². The summed E-state index contributed by atoms with van der Waals surface area (Å²) in [7, 11) is -4.11. The minimum atomic E-state index is -4.11. The summed E-state index contributed by atoms with van der Waals surface area (Å²) in [4.78, 5) is 18.2. The van der Waals surface area contributed by atoms with Crippen LogP contribution in [0.2, 0.25) is 0 Å².